The van der Waals surface area contributed by atoms with E-state index in [2.05, 4.69) is 9.97 Å². The van der Waals surface area contributed by atoms with Gasteiger partial charge in [-0.25, -0.2) is 4.98 Å². The van der Waals surface area contributed by atoms with Crippen molar-refractivity contribution in [1.29, 1.82) is 0 Å². The largest absolute Gasteiger partial charge is 0.479 e. The Labute approximate surface area is 75.7 Å². The highest BCUT2D eigenvalue weighted by molar-refractivity contribution is 6.32. The number of ether oxygens (including phenoxy) is 1. The van der Waals surface area contributed by atoms with Crippen molar-refractivity contribution < 1.29 is 4.74 Å². The number of hydrogen-bond donors (Lipinski definition) is 1. The summed E-state index contributed by atoms with van der Waals surface area (Å²) in [6.07, 6.45) is 0.705. The zero-order chi connectivity index (χ0) is 9.14. The second kappa shape index (κ2) is 3.58. The zero-order valence-electron chi connectivity index (χ0n) is 6.97. The van der Waals surface area contributed by atoms with Crippen LogP contribution in [-0.2, 0) is 6.42 Å². The van der Waals surface area contributed by atoms with E-state index in [4.69, 9.17) is 22.1 Å². The maximum atomic E-state index is 5.72. The molecule has 0 aliphatic carbocycles. The fourth-order valence-electron chi connectivity index (χ4n) is 0.778. The molecule has 0 fully saturated rings. The van der Waals surface area contributed by atoms with Crippen molar-refractivity contribution in [3.8, 4) is 5.88 Å². The lowest BCUT2D eigenvalue weighted by Gasteiger charge is -2.05. The molecule has 5 heteroatoms. The van der Waals surface area contributed by atoms with Crippen LogP contribution in [0, 0.1) is 0 Å². The van der Waals surface area contributed by atoms with E-state index in [1.54, 1.807) is 0 Å². The number of aromatic nitrogens is 2. The third kappa shape index (κ3) is 1.58. The summed E-state index contributed by atoms with van der Waals surface area (Å²) in [5.41, 5.74) is 5.82. The highest BCUT2D eigenvalue weighted by atomic mass is 35.5. The Morgan fingerprint density at radius 1 is 1.50 bits per heavy atom. The summed E-state index contributed by atoms with van der Waals surface area (Å²) in [6, 6.07) is 0. The highest BCUT2D eigenvalue weighted by Gasteiger charge is 2.08. The molecule has 12 heavy (non-hydrogen) atoms. The fourth-order valence-corrected chi connectivity index (χ4v) is 0.956. The summed E-state index contributed by atoms with van der Waals surface area (Å²) >= 11 is 5.72. The molecule has 0 atom stereocenters. The Hall–Kier alpha value is -1.03. The van der Waals surface area contributed by atoms with Gasteiger partial charge in [0.15, 0.2) is 5.15 Å². The monoisotopic (exact) mass is 187 g/mol. The number of methoxy groups -OCH3 is 1. The lowest BCUT2D eigenvalue weighted by atomic mass is 10.4. The van der Waals surface area contributed by atoms with Gasteiger partial charge in [0.25, 0.3) is 0 Å². The molecule has 2 N–H and O–H groups in total. The van der Waals surface area contributed by atoms with E-state index in [1.165, 1.54) is 7.11 Å². The molecular formula is C7H10ClN3O. The van der Waals surface area contributed by atoms with Gasteiger partial charge in [0.05, 0.1) is 7.11 Å². The number of nitrogens with zero attached hydrogens (tertiary/aromatic N) is 2. The summed E-state index contributed by atoms with van der Waals surface area (Å²) in [7, 11) is 1.49. The van der Waals surface area contributed by atoms with Crippen molar-refractivity contribution in [2.75, 3.05) is 12.8 Å². The Morgan fingerprint density at radius 3 is 2.67 bits per heavy atom. The fraction of sp³-hybridized carbons (Fsp3) is 0.429. The quantitative estimate of drug-likeness (QED) is 0.709. The molecule has 1 aromatic rings. The van der Waals surface area contributed by atoms with Crippen LogP contribution in [0.3, 0.4) is 0 Å². The summed E-state index contributed by atoms with van der Waals surface area (Å²) in [5.74, 6) is 0.970. The van der Waals surface area contributed by atoms with Crippen molar-refractivity contribution in [3.63, 3.8) is 0 Å². The van der Waals surface area contributed by atoms with Gasteiger partial charge in [-0.05, 0) is 0 Å². The second-order valence-corrected chi connectivity index (χ2v) is 2.57. The molecule has 0 unspecified atom stereocenters. The number of nitrogens with two attached hydrogens (primary N) is 1. The normalized spacial score (nSPS) is 9.92. The summed E-state index contributed by atoms with van der Waals surface area (Å²) in [4.78, 5) is 7.98. The van der Waals surface area contributed by atoms with Gasteiger partial charge in [-0.3, -0.25) is 0 Å². The summed E-state index contributed by atoms with van der Waals surface area (Å²) in [5, 5.41) is 0.249. The molecule has 4 nitrogen and oxygen atoms in total. The third-order valence-electron chi connectivity index (χ3n) is 1.42. The molecule has 0 aliphatic heterocycles. The van der Waals surface area contributed by atoms with E-state index < -0.39 is 0 Å². The number of anilines is 1. The van der Waals surface area contributed by atoms with Gasteiger partial charge in [-0.15, -0.1) is 0 Å². The van der Waals surface area contributed by atoms with Gasteiger partial charge in [-0.2, -0.15) is 4.98 Å². The Morgan fingerprint density at radius 2 is 2.17 bits per heavy atom. The first-order valence-corrected chi connectivity index (χ1v) is 3.92. The van der Waals surface area contributed by atoms with Gasteiger partial charge in [-0.1, -0.05) is 18.5 Å². The molecule has 1 aromatic heterocycles. The number of aryl methyl sites for hydroxylation is 1. The maximum absolute atomic E-state index is 5.72. The van der Waals surface area contributed by atoms with Gasteiger partial charge < -0.3 is 10.5 Å². The topological polar surface area (TPSA) is 61.0 Å². The van der Waals surface area contributed by atoms with E-state index in [0.717, 1.165) is 0 Å². The predicted octanol–water partition coefficient (Wildman–Crippen LogP) is 1.28. The first-order valence-electron chi connectivity index (χ1n) is 3.55. The molecule has 0 amide bonds. The standard InChI is InChI=1S/C7H10ClN3O/c1-3-4-10-6(8)5(9)7(11-4)12-2/h3,9H2,1-2H3. The molecule has 0 spiro atoms. The lowest BCUT2D eigenvalue weighted by Crippen LogP contribution is -2.02. The minimum atomic E-state index is 0.249. The molecule has 0 bridgehead atoms. The molecule has 0 radical (unpaired) electrons. The smallest absolute Gasteiger partial charge is 0.241 e. The van der Waals surface area contributed by atoms with Crippen molar-refractivity contribution in [1.82, 2.24) is 9.97 Å². The highest BCUT2D eigenvalue weighted by Crippen LogP contribution is 2.25. The van der Waals surface area contributed by atoms with Crippen LogP contribution in [0.2, 0.25) is 5.15 Å². The predicted molar refractivity (Wildman–Crippen MR) is 47.4 cm³/mol. The van der Waals surface area contributed by atoms with E-state index in [0.29, 0.717) is 18.1 Å². The van der Waals surface area contributed by atoms with Crippen LogP contribution in [-0.4, -0.2) is 17.1 Å². The Kier molecular flexibility index (Phi) is 2.70. The molecule has 0 aliphatic rings. The van der Waals surface area contributed by atoms with Crippen LogP contribution >= 0.6 is 11.6 Å². The number of nitrogen functional groups attached to an aromatic ring is 1. The lowest BCUT2D eigenvalue weighted by molar-refractivity contribution is 0.397. The molecule has 1 heterocycles. The minimum Gasteiger partial charge on any atom is -0.479 e. The first-order chi connectivity index (χ1) is 5.69. The van der Waals surface area contributed by atoms with Crippen LogP contribution in [0.5, 0.6) is 5.88 Å². The van der Waals surface area contributed by atoms with Gasteiger partial charge in [0, 0.05) is 6.42 Å². The SMILES string of the molecule is CCc1nc(Cl)c(N)c(OC)n1. The van der Waals surface area contributed by atoms with Crippen LogP contribution in [0.25, 0.3) is 0 Å². The number of rotatable bonds is 2. The van der Waals surface area contributed by atoms with Gasteiger partial charge >= 0.3 is 0 Å². The average Bonchev–Trinajstić information content (AvgIpc) is 2.09. The van der Waals surface area contributed by atoms with E-state index in [9.17, 15) is 0 Å². The number of halogens is 1. The maximum Gasteiger partial charge on any atom is 0.241 e. The summed E-state index contributed by atoms with van der Waals surface area (Å²) < 4.78 is 4.91. The van der Waals surface area contributed by atoms with Crippen molar-refractivity contribution in [2.24, 2.45) is 0 Å². The van der Waals surface area contributed by atoms with Crippen LogP contribution in [0.15, 0.2) is 0 Å². The molecule has 66 valence electrons. The molecular weight excluding hydrogens is 178 g/mol. The van der Waals surface area contributed by atoms with E-state index in [-0.39, 0.29) is 10.8 Å². The Bertz CT molecular complexity index is 290. The van der Waals surface area contributed by atoms with Crippen LogP contribution < -0.4 is 10.5 Å². The van der Waals surface area contributed by atoms with Crippen molar-refractivity contribution in [3.05, 3.63) is 11.0 Å². The molecule has 0 saturated carbocycles. The van der Waals surface area contributed by atoms with Crippen LogP contribution in [0.4, 0.5) is 5.69 Å². The Balaban J connectivity index is 3.19. The summed E-state index contributed by atoms with van der Waals surface area (Å²) in [6.45, 7) is 1.93. The van der Waals surface area contributed by atoms with E-state index >= 15 is 0 Å². The molecule has 0 saturated heterocycles. The van der Waals surface area contributed by atoms with Gasteiger partial charge in [0.1, 0.15) is 11.5 Å². The van der Waals surface area contributed by atoms with Crippen LogP contribution in [0.1, 0.15) is 12.7 Å². The van der Waals surface area contributed by atoms with Gasteiger partial charge in [0.2, 0.25) is 5.88 Å². The van der Waals surface area contributed by atoms with Crippen molar-refractivity contribution in [2.45, 2.75) is 13.3 Å². The van der Waals surface area contributed by atoms with E-state index in [1.807, 2.05) is 6.92 Å². The van der Waals surface area contributed by atoms with Crippen molar-refractivity contribution >= 4 is 17.3 Å². The average molecular weight is 188 g/mol. The second-order valence-electron chi connectivity index (χ2n) is 2.21. The third-order valence-corrected chi connectivity index (χ3v) is 1.71. The number of hydrogen-bond acceptors (Lipinski definition) is 4. The molecule has 0 aromatic carbocycles. The zero-order valence-corrected chi connectivity index (χ0v) is 7.72. The minimum absolute atomic E-state index is 0.249. The molecule has 1 rings (SSSR count). The first kappa shape index (κ1) is 9.06.